The third-order valence-corrected chi connectivity index (χ3v) is 3.06. The predicted octanol–water partition coefficient (Wildman–Crippen LogP) is 0.926. The summed E-state index contributed by atoms with van der Waals surface area (Å²) in [6.07, 6.45) is 0. The third-order valence-electron chi connectivity index (χ3n) is 3.06. The number of benzene rings is 1. The molecule has 0 saturated carbocycles. The van der Waals surface area contributed by atoms with Crippen molar-refractivity contribution in [3.8, 4) is 0 Å². The zero-order valence-electron chi connectivity index (χ0n) is 11.9. The van der Waals surface area contributed by atoms with E-state index in [1.54, 1.807) is 0 Å². The lowest BCUT2D eigenvalue weighted by Gasteiger charge is -2.28. The number of hydrogen-bond acceptors (Lipinski definition) is 4. The van der Waals surface area contributed by atoms with Crippen LogP contribution < -0.4 is 15.5 Å². The van der Waals surface area contributed by atoms with Crippen molar-refractivity contribution in [1.82, 2.24) is 10.6 Å². The summed E-state index contributed by atoms with van der Waals surface area (Å²) in [7, 11) is 0. The smallest absolute Gasteiger partial charge is 0.246 e. The van der Waals surface area contributed by atoms with Crippen molar-refractivity contribution in [1.29, 1.82) is 0 Å². The van der Waals surface area contributed by atoms with Gasteiger partial charge in [0.25, 0.3) is 0 Å². The number of rotatable bonds is 4. The number of nitrogens with one attached hydrogen (secondary N) is 2. The summed E-state index contributed by atoms with van der Waals surface area (Å²) in [6.45, 7) is 3.70. The van der Waals surface area contributed by atoms with E-state index in [0.717, 1.165) is 4.90 Å². The van der Waals surface area contributed by atoms with Crippen molar-refractivity contribution >= 4 is 17.5 Å². The molecular formula is C14H17F2N3O2. The zero-order valence-corrected chi connectivity index (χ0v) is 11.9. The van der Waals surface area contributed by atoms with Gasteiger partial charge in [-0.3, -0.25) is 14.9 Å². The summed E-state index contributed by atoms with van der Waals surface area (Å²) in [5.41, 5.74) is 0.127. The Morgan fingerprint density at radius 3 is 2.19 bits per heavy atom. The number of hydrogen-bond donors (Lipinski definition) is 2. The first kappa shape index (κ1) is 15.4. The van der Waals surface area contributed by atoms with Gasteiger partial charge in [0.15, 0.2) is 0 Å². The monoisotopic (exact) mass is 297 g/mol. The van der Waals surface area contributed by atoms with E-state index in [1.807, 2.05) is 13.8 Å². The molecule has 1 aliphatic heterocycles. The molecule has 0 aromatic heterocycles. The second kappa shape index (κ2) is 6.17. The summed E-state index contributed by atoms with van der Waals surface area (Å²) in [5.74, 6) is -2.71. The number of amides is 2. The summed E-state index contributed by atoms with van der Waals surface area (Å²) < 4.78 is 28.2. The van der Waals surface area contributed by atoms with Gasteiger partial charge in [0.2, 0.25) is 11.8 Å². The van der Waals surface area contributed by atoms with Crippen LogP contribution in [0.4, 0.5) is 14.5 Å². The molecule has 1 aromatic rings. The van der Waals surface area contributed by atoms with Gasteiger partial charge < -0.3 is 10.2 Å². The molecule has 114 valence electrons. The quantitative estimate of drug-likeness (QED) is 0.812. The van der Waals surface area contributed by atoms with Crippen molar-refractivity contribution in [3.05, 3.63) is 29.3 Å². The van der Waals surface area contributed by atoms with Gasteiger partial charge in [-0.15, -0.1) is 0 Å². The third kappa shape index (κ3) is 3.75. The number of anilines is 1. The number of carbonyl (C=O) groups excluding carboxylic acids is 2. The van der Waals surface area contributed by atoms with Crippen LogP contribution in [-0.2, 0) is 16.1 Å². The van der Waals surface area contributed by atoms with Gasteiger partial charge in [-0.25, -0.2) is 8.78 Å². The molecule has 1 saturated heterocycles. The number of carbonyl (C=O) groups is 2. The van der Waals surface area contributed by atoms with Gasteiger partial charge in [0.05, 0.1) is 13.1 Å². The summed E-state index contributed by atoms with van der Waals surface area (Å²) in [6, 6.07) is 2.62. The van der Waals surface area contributed by atoms with Gasteiger partial charge in [0, 0.05) is 12.6 Å². The molecule has 2 amide bonds. The highest BCUT2D eigenvalue weighted by Crippen LogP contribution is 2.25. The molecule has 0 spiro atoms. The van der Waals surface area contributed by atoms with Crippen LogP contribution in [0.1, 0.15) is 19.4 Å². The van der Waals surface area contributed by atoms with Crippen molar-refractivity contribution < 1.29 is 18.4 Å². The van der Waals surface area contributed by atoms with E-state index in [9.17, 15) is 18.4 Å². The maximum absolute atomic E-state index is 14.1. The first-order valence-electron chi connectivity index (χ1n) is 6.65. The lowest BCUT2D eigenvalue weighted by Crippen LogP contribution is -2.52. The van der Waals surface area contributed by atoms with E-state index in [-0.39, 0.29) is 24.8 Å². The maximum Gasteiger partial charge on any atom is 0.246 e. The number of piperazine rings is 1. The zero-order chi connectivity index (χ0) is 15.6. The van der Waals surface area contributed by atoms with E-state index in [4.69, 9.17) is 0 Å². The SMILES string of the molecule is CC(C)NCc1cc(F)c(N2CC(=O)NC(=O)C2)c(F)c1. The highest BCUT2D eigenvalue weighted by molar-refractivity contribution is 6.02. The van der Waals surface area contributed by atoms with Gasteiger partial charge in [-0.2, -0.15) is 0 Å². The molecule has 0 unspecified atom stereocenters. The van der Waals surface area contributed by atoms with Crippen LogP contribution in [0.25, 0.3) is 0 Å². The van der Waals surface area contributed by atoms with Gasteiger partial charge in [0.1, 0.15) is 17.3 Å². The van der Waals surface area contributed by atoms with Crippen LogP contribution in [0.15, 0.2) is 12.1 Å². The topological polar surface area (TPSA) is 61.4 Å². The first-order chi connectivity index (χ1) is 9.86. The molecule has 7 heteroatoms. The maximum atomic E-state index is 14.1. The number of imide groups is 1. The van der Waals surface area contributed by atoms with Gasteiger partial charge >= 0.3 is 0 Å². The van der Waals surface area contributed by atoms with Crippen molar-refractivity contribution in [2.75, 3.05) is 18.0 Å². The Labute approximate surface area is 121 Å². The van der Waals surface area contributed by atoms with Crippen LogP contribution >= 0.6 is 0 Å². The summed E-state index contributed by atoms with van der Waals surface area (Å²) in [5, 5.41) is 5.15. The fraction of sp³-hybridized carbons (Fsp3) is 0.429. The number of halogens is 2. The summed E-state index contributed by atoms with van der Waals surface area (Å²) >= 11 is 0. The molecule has 1 aliphatic rings. The van der Waals surface area contributed by atoms with Crippen LogP contribution in [-0.4, -0.2) is 30.9 Å². The Kier molecular flexibility index (Phi) is 4.52. The molecule has 2 rings (SSSR count). The van der Waals surface area contributed by atoms with Crippen molar-refractivity contribution in [2.24, 2.45) is 0 Å². The van der Waals surface area contributed by atoms with Gasteiger partial charge in [-0.1, -0.05) is 13.8 Å². The Bertz CT molecular complexity index is 536. The van der Waals surface area contributed by atoms with E-state index in [0.29, 0.717) is 12.1 Å². The predicted molar refractivity (Wildman–Crippen MR) is 73.7 cm³/mol. The molecular weight excluding hydrogens is 280 g/mol. The standard InChI is InChI=1S/C14H17F2N3O2/c1-8(2)17-5-9-3-10(15)14(11(16)4-9)19-6-12(20)18-13(21)7-19/h3-4,8,17H,5-7H2,1-2H3,(H,18,20,21). The first-order valence-corrected chi connectivity index (χ1v) is 6.65. The second-order valence-electron chi connectivity index (χ2n) is 5.27. The van der Waals surface area contributed by atoms with E-state index in [1.165, 1.54) is 12.1 Å². The second-order valence-corrected chi connectivity index (χ2v) is 5.27. The average Bonchev–Trinajstić information content (AvgIpc) is 2.34. The van der Waals surface area contributed by atoms with E-state index in [2.05, 4.69) is 10.6 Å². The average molecular weight is 297 g/mol. The van der Waals surface area contributed by atoms with Crippen LogP contribution in [0, 0.1) is 11.6 Å². The Morgan fingerprint density at radius 1 is 1.19 bits per heavy atom. The summed E-state index contributed by atoms with van der Waals surface area (Å²) in [4.78, 5) is 23.7. The lowest BCUT2D eigenvalue weighted by atomic mass is 10.1. The van der Waals surface area contributed by atoms with E-state index >= 15 is 0 Å². The molecule has 2 N–H and O–H groups in total. The molecule has 0 aliphatic carbocycles. The highest BCUT2D eigenvalue weighted by atomic mass is 19.1. The van der Waals surface area contributed by atoms with Crippen LogP contribution in [0.3, 0.4) is 0 Å². The minimum Gasteiger partial charge on any atom is -0.348 e. The molecule has 1 aromatic carbocycles. The molecule has 1 fully saturated rings. The van der Waals surface area contributed by atoms with E-state index < -0.39 is 23.4 Å². The normalized spacial score (nSPS) is 15.6. The Balaban J connectivity index is 2.24. The molecule has 0 radical (unpaired) electrons. The van der Waals surface area contributed by atoms with Gasteiger partial charge in [-0.05, 0) is 17.7 Å². The minimum atomic E-state index is -0.780. The molecule has 0 atom stereocenters. The highest BCUT2D eigenvalue weighted by Gasteiger charge is 2.27. The Hall–Kier alpha value is -2.02. The van der Waals surface area contributed by atoms with Crippen molar-refractivity contribution in [3.63, 3.8) is 0 Å². The fourth-order valence-electron chi connectivity index (χ4n) is 2.14. The molecule has 21 heavy (non-hydrogen) atoms. The van der Waals surface area contributed by atoms with Crippen LogP contribution in [0.2, 0.25) is 0 Å². The van der Waals surface area contributed by atoms with Crippen LogP contribution in [0.5, 0.6) is 0 Å². The largest absolute Gasteiger partial charge is 0.348 e. The Morgan fingerprint density at radius 2 is 1.71 bits per heavy atom. The molecule has 0 bridgehead atoms. The number of nitrogens with zero attached hydrogens (tertiary/aromatic N) is 1. The minimum absolute atomic E-state index is 0.194. The molecule has 5 nitrogen and oxygen atoms in total. The fourth-order valence-corrected chi connectivity index (χ4v) is 2.14. The lowest BCUT2D eigenvalue weighted by molar-refractivity contribution is -0.130. The molecule has 1 heterocycles. The van der Waals surface area contributed by atoms with Crippen molar-refractivity contribution in [2.45, 2.75) is 26.4 Å².